The van der Waals surface area contributed by atoms with Crippen LogP contribution in [0.4, 0.5) is 5.69 Å². The maximum Gasteiger partial charge on any atom is 0.317 e. The Balaban J connectivity index is 1.50. The van der Waals surface area contributed by atoms with E-state index in [0.717, 1.165) is 15.7 Å². The number of hydrogen-bond donors (Lipinski definition) is 1. The highest BCUT2D eigenvalue weighted by molar-refractivity contribution is 8.00. The fourth-order valence-electron chi connectivity index (χ4n) is 2.45. The van der Waals surface area contributed by atoms with E-state index >= 15 is 0 Å². The van der Waals surface area contributed by atoms with Gasteiger partial charge in [-0.2, -0.15) is 0 Å². The number of anilines is 1. The van der Waals surface area contributed by atoms with Gasteiger partial charge >= 0.3 is 5.97 Å². The quantitative estimate of drug-likeness (QED) is 0.516. The smallest absolute Gasteiger partial charge is 0.317 e. The molecule has 4 nitrogen and oxygen atoms in total. The summed E-state index contributed by atoms with van der Waals surface area (Å²) in [5.41, 5.74) is 0.672. The van der Waals surface area contributed by atoms with Gasteiger partial charge in [0.05, 0.1) is 5.75 Å². The second-order valence-electron chi connectivity index (χ2n) is 5.78. The number of esters is 1. The van der Waals surface area contributed by atoms with E-state index in [4.69, 9.17) is 4.74 Å². The fraction of sp³-hybridized carbons (Fsp3) is 0.143. The fourth-order valence-corrected chi connectivity index (χ4v) is 3.18. The molecule has 132 valence electrons. The average molecular weight is 365 g/mol. The van der Waals surface area contributed by atoms with E-state index in [1.807, 2.05) is 60.7 Å². The van der Waals surface area contributed by atoms with Crippen LogP contribution in [0.2, 0.25) is 0 Å². The van der Waals surface area contributed by atoms with Crippen LogP contribution in [0, 0.1) is 0 Å². The van der Waals surface area contributed by atoms with Crippen LogP contribution in [-0.2, 0) is 14.3 Å². The number of carbonyl (C=O) groups is 2. The second kappa shape index (κ2) is 8.54. The van der Waals surface area contributed by atoms with Gasteiger partial charge in [0.15, 0.2) is 6.10 Å². The molecule has 3 rings (SSSR count). The van der Waals surface area contributed by atoms with Crippen LogP contribution >= 0.6 is 11.8 Å². The molecule has 26 heavy (non-hydrogen) atoms. The molecule has 0 saturated carbocycles. The highest BCUT2D eigenvalue weighted by Gasteiger charge is 2.18. The first kappa shape index (κ1) is 18.0. The lowest BCUT2D eigenvalue weighted by Crippen LogP contribution is -2.30. The lowest BCUT2D eigenvalue weighted by Gasteiger charge is -2.13. The van der Waals surface area contributed by atoms with Gasteiger partial charge in [-0.1, -0.05) is 48.5 Å². The van der Waals surface area contributed by atoms with Crippen molar-refractivity contribution < 1.29 is 14.3 Å². The van der Waals surface area contributed by atoms with Crippen LogP contribution in [-0.4, -0.2) is 23.7 Å². The highest BCUT2D eigenvalue weighted by atomic mass is 32.2. The van der Waals surface area contributed by atoms with E-state index in [2.05, 4.69) is 5.32 Å². The van der Waals surface area contributed by atoms with Crippen molar-refractivity contribution in [3.63, 3.8) is 0 Å². The van der Waals surface area contributed by atoms with Crippen molar-refractivity contribution in [3.8, 4) is 0 Å². The van der Waals surface area contributed by atoms with Crippen LogP contribution in [0.3, 0.4) is 0 Å². The highest BCUT2D eigenvalue weighted by Crippen LogP contribution is 2.23. The Morgan fingerprint density at radius 3 is 2.42 bits per heavy atom. The molecule has 0 aliphatic rings. The first-order valence-corrected chi connectivity index (χ1v) is 9.27. The largest absolute Gasteiger partial charge is 0.452 e. The van der Waals surface area contributed by atoms with Gasteiger partial charge in [0.2, 0.25) is 0 Å². The van der Waals surface area contributed by atoms with E-state index in [1.54, 1.807) is 19.1 Å². The van der Waals surface area contributed by atoms with Crippen LogP contribution in [0.25, 0.3) is 10.8 Å². The molecule has 0 aliphatic carbocycles. The molecule has 0 aliphatic heterocycles. The van der Waals surface area contributed by atoms with E-state index in [9.17, 15) is 9.59 Å². The molecule has 1 atom stereocenters. The van der Waals surface area contributed by atoms with E-state index in [0.29, 0.717) is 5.69 Å². The van der Waals surface area contributed by atoms with E-state index in [-0.39, 0.29) is 11.7 Å². The van der Waals surface area contributed by atoms with Crippen molar-refractivity contribution in [1.82, 2.24) is 0 Å². The summed E-state index contributed by atoms with van der Waals surface area (Å²) in [6.45, 7) is 1.57. The van der Waals surface area contributed by atoms with E-state index < -0.39 is 12.1 Å². The molecule has 0 heterocycles. The molecule has 0 radical (unpaired) electrons. The number of fused-ring (bicyclic) bond motifs is 1. The zero-order chi connectivity index (χ0) is 18.4. The first-order chi connectivity index (χ1) is 12.6. The lowest BCUT2D eigenvalue weighted by atomic mass is 10.1. The summed E-state index contributed by atoms with van der Waals surface area (Å²) in [6, 6.07) is 23.2. The van der Waals surface area contributed by atoms with E-state index in [1.165, 1.54) is 11.8 Å². The molecule has 0 spiro atoms. The second-order valence-corrected chi connectivity index (χ2v) is 6.83. The standard InChI is InChI=1S/C21H19NO3S/c1-15(21(24)22-18-9-3-2-4-10-18)25-20(23)14-26-19-12-11-16-7-5-6-8-17(16)13-19/h2-13,15H,14H2,1H3,(H,22,24)/t15-/m0/s1. The van der Waals surface area contributed by atoms with Gasteiger partial charge in [-0.15, -0.1) is 11.8 Å². The molecule has 0 aromatic heterocycles. The Labute approximate surface area is 156 Å². The van der Waals surface area contributed by atoms with Gasteiger partial charge in [0.25, 0.3) is 5.91 Å². The van der Waals surface area contributed by atoms with Crippen molar-refractivity contribution >= 4 is 40.1 Å². The van der Waals surface area contributed by atoms with Gasteiger partial charge in [-0.25, -0.2) is 0 Å². The van der Waals surface area contributed by atoms with Crippen molar-refractivity contribution in [2.24, 2.45) is 0 Å². The Morgan fingerprint density at radius 1 is 0.962 bits per heavy atom. The predicted octanol–water partition coefficient (Wildman–Crippen LogP) is 4.50. The minimum atomic E-state index is -0.847. The summed E-state index contributed by atoms with van der Waals surface area (Å²) in [5.74, 6) is -0.611. The third kappa shape index (κ3) is 4.86. The maximum atomic E-state index is 12.1. The first-order valence-electron chi connectivity index (χ1n) is 8.29. The summed E-state index contributed by atoms with van der Waals surface area (Å²) in [4.78, 5) is 25.1. The number of nitrogens with one attached hydrogen (secondary N) is 1. The molecule has 1 amide bonds. The van der Waals surface area contributed by atoms with Gasteiger partial charge in [0.1, 0.15) is 0 Å². The number of ether oxygens (including phenoxy) is 1. The Morgan fingerprint density at radius 2 is 1.65 bits per heavy atom. The number of benzene rings is 3. The van der Waals surface area contributed by atoms with Crippen molar-refractivity contribution in [1.29, 1.82) is 0 Å². The molecular formula is C21H19NO3S. The lowest BCUT2D eigenvalue weighted by molar-refractivity contribution is -0.150. The molecule has 0 saturated heterocycles. The molecule has 3 aromatic carbocycles. The number of hydrogen-bond acceptors (Lipinski definition) is 4. The number of carbonyl (C=O) groups excluding carboxylic acids is 2. The van der Waals surface area contributed by atoms with Gasteiger partial charge in [0, 0.05) is 10.6 Å². The molecule has 0 fully saturated rings. The summed E-state index contributed by atoms with van der Waals surface area (Å²) in [6.07, 6.45) is -0.847. The molecule has 0 unspecified atom stereocenters. The average Bonchev–Trinajstić information content (AvgIpc) is 2.67. The number of amides is 1. The summed E-state index contributed by atoms with van der Waals surface area (Å²) in [7, 11) is 0. The molecule has 3 aromatic rings. The number of rotatable bonds is 6. The zero-order valence-electron chi connectivity index (χ0n) is 14.3. The number of thioether (sulfide) groups is 1. The maximum absolute atomic E-state index is 12.1. The van der Waals surface area contributed by atoms with Gasteiger partial charge < -0.3 is 10.1 Å². The van der Waals surface area contributed by atoms with Crippen LogP contribution < -0.4 is 5.32 Å². The zero-order valence-corrected chi connectivity index (χ0v) is 15.2. The van der Waals surface area contributed by atoms with Crippen LogP contribution in [0.15, 0.2) is 77.7 Å². The van der Waals surface area contributed by atoms with Crippen molar-refractivity contribution in [2.75, 3.05) is 11.1 Å². The molecule has 5 heteroatoms. The summed E-state index contributed by atoms with van der Waals surface area (Å²) in [5, 5.41) is 5.00. The predicted molar refractivity (Wildman–Crippen MR) is 105 cm³/mol. The van der Waals surface area contributed by atoms with Crippen molar-refractivity contribution in [3.05, 3.63) is 72.8 Å². The normalized spacial score (nSPS) is 11.7. The van der Waals surface area contributed by atoms with Gasteiger partial charge in [-0.3, -0.25) is 9.59 Å². The third-order valence-electron chi connectivity index (χ3n) is 3.80. The summed E-state index contributed by atoms with van der Waals surface area (Å²) >= 11 is 1.39. The van der Waals surface area contributed by atoms with Crippen LogP contribution in [0.1, 0.15) is 6.92 Å². The Bertz CT molecular complexity index is 911. The molecule has 1 N–H and O–H groups in total. The minimum absolute atomic E-state index is 0.154. The Kier molecular flexibility index (Phi) is 5.92. The SMILES string of the molecule is C[C@H](OC(=O)CSc1ccc2ccccc2c1)C(=O)Nc1ccccc1. The monoisotopic (exact) mass is 365 g/mol. The van der Waals surface area contributed by atoms with Crippen molar-refractivity contribution in [2.45, 2.75) is 17.9 Å². The van der Waals surface area contributed by atoms with Crippen LogP contribution in [0.5, 0.6) is 0 Å². The molecule has 0 bridgehead atoms. The Hall–Kier alpha value is -2.79. The van der Waals surface area contributed by atoms with Gasteiger partial charge in [-0.05, 0) is 42.0 Å². The minimum Gasteiger partial charge on any atom is -0.452 e. The summed E-state index contributed by atoms with van der Waals surface area (Å²) < 4.78 is 5.22. The number of para-hydroxylation sites is 1. The third-order valence-corrected chi connectivity index (χ3v) is 4.76. The molecular weight excluding hydrogens is 346 g/mol. The topological polar surface area (TPSA) is 55.4 Å².